The zero-order valence-electron chi connectivity index (χ0n) is 12.9. The van der Waals surface area contributed by atoms with Gasteiger partial charge in [0.2, 0.25) is 5.91 Å². The molecule has 0 aromatic heterocycles. The van der Waals surface area contributed by atoms with Crippen LogP contribution >= 0.6 is 0 Å². The lowest BCUT2D eigenvalue weighted by molar-refractivity contribution is -0.115. The number of anilines is 1. The number of nitrogens with one attached hydrogen (secondary N) is 2. The molecule has 0 unspecified atom stereocenters. The summed E-state index contributed by atoms with van der Waals surface area (Å²) in [5.41, 5.74) is 0.798. The molecule has 0 spiro atoms. The summed E-state index contributed by atoms with van der Waals surface area (Å²) < 4.78 is 4.98. The molecule has 1 aliphatic heterocycles. The van der Waals surface area contributed by atoms with E-state index in [0.29, 0.717) is 19.7 Å². The van der Waals surface area contributed by atoms with Gasteiger partial charge in [-0.25, -0.2) is 4.79 Å². The first-order chi connectivity index (χ1) is 10.7. The minimum atomic E-state index is -0.247. The maximum absolute atomic E-state index is 11.9. The number of piperidine rings is 1. The van der Waals surface area contributed by atoms with Gasteiger partial charge in [0.25, 0.3) is 0 Å². The van der Waals surface area contributed by atoms with Crippen LogP contribution in [0.15, 0.2) is 30.3 Å². The summed E-state index contributed by atoms with van der Waals surface area (Å²) >= 11 is 0. The van der Waals surface area contributed by atoms with Crippen molar-refractivity contribution in [2.45, 2.75) is 25.8 Å². The highest BCUT2D eigenvalue weighted by Gasteiger charge is 2.23. The summed E-state index contributed by atoms with van der Waals surface area (Å²) in [6, 6.07) is 9.64. The average Bonchev–Trinajstić information content (AvgIpc) is 2.54. The molecule has 1 aromatic carbocycles. The molecule has 2 amide bonds. The molecule has 2 N–H and O–H groups in total. The van der Waals surface area contributed by atoms with Crippen molar-refractivity contribution in [2.75, 3.05) is 31.6 Å². The lowest BCUT2D eigenvalue weighted by Crippen LogP contribution is -2.46. The lowest BCUT2D eigenvalue weighted by atomic mass is 10.1. The molecule has 1 fully saturated rings. The minimum Gasteiger partial charge on any atom is -0.450 e. The van der Waals surface area contributed by atoms with Crippen LogP contribution in [0.3, 0.4) is 0 Å². The molecule has 0 saturated carbocycles. The summed E-state index contributed by atoms with van der Waals surface area (Å²) in [6.45, 7) is 3.81. The first-order valence-electron chi connectivity index (χ1n) is 7.69. The Labute approximate surface area is 130 Å². The smallest absolute Gasteiger partial charge is 0.409 e. The van der Waals surface area contributed by atoms with Gasteiger partial charge in [0.1, 0.15) is 0 Å². The van der Waals surface area contributed by atoms with E-state index in [2.05, 4.69) is 10.6 Å². The quantitative estimate of drug-likeness (QED) is 0.871. The number of para-hydroxylation sites is 1. The lowest BCUT2D eigenvalue weighted by Gasteiger charge is -2.31. The van der Waals surface area contributed by atoms with E-state index in [1.165, 1.54) is 0 Å². The molecule has 0 radical (unpaired) electrons. The number of ether oxygens (including phenoxy) is 1. The predicted molar refractivity (Wildman–Crippen MR) is 84.7 cm³/mol. The van der Waals surface area contributed by atoms with E-state index in [1.807, 2.05) is 30.3 Å². The summed E-state index contributed by atoms with van der Waals surface area (Å²) in [7, 11) is 0. The van der Waals surface area contributed by atoms with E-state index in [-0.39, 0.29) is 24.6 Å². The van der Waals surface area contributed by atoms with Gasteiger partial charge in [-0.15, -0.1) is 0 Å². The molecule has 1 aliphatic rings. The van der Waals surface area contributed by atoms with Crippen LogP contribution in [-0.4, -0.2) is 49.2 Å². The Balaban J connectivity index is 1.66. The molecule has 1 heterocycles. The predicted octanol–water partition coefficient (Wildman–Crippen LogP) is 1.84. The van der Waals surface area contributed by atoms with Crippen LogP contribution < -0.4 is 10.6 Å². The van der Waals surface area contributed by atoms with Gasteiger partial charge in [-0.2, -0.15) is 0 Å². The van der Waals surface area contributed by atoms with Crippen molar-refractivity contribution in [3.8, 4) is 0 Å². The van der Waals surface area contributed by atoms with E-state index in [4.69, 9.17) is 4.74 Å². The number of benzene rings is 1. The highest BCUT2D eigenvalue weighted by atomic mass is 16.6. The summed E-state index contributed by atoms with van der Waals surface area (Å²) in [5.74, 6) is -0.0565. The molecule has 6 heteroatoms. The topological polar surface area (TPSA) is 70.7 Å². The summed E-state index contributed by atoms with van der Waals surface area (Å²) in [6.07, 6.45) is 1.41. The second-order valence-corrected chi connectivity index (χ2v) is 5.26. The molecule has 0 aliphatic carbocycles. The first-order valence-corrected chi connectivity index (χ1v) is 7.69. The highest BCUT2D eigenvalue weighted by Crippen LogP contribution is 2.11. The number of amides is 2. The third kappa shape index (κ3) is 5.04. The monoisotopic (exact) mass is 305 g/mol. The van der Waals surface area contributed by atoms with Gasteiger partial charge in [0.05, 0.1) is 13.2 Å². The minimum absolute atomic E-state index is 0.0565. The van der Waals surface area contributed by atoms with E-state index < -0.39 is 0 Å². The number of likely N-dealkylation sites (tertiary alicyclic amines) is 1. The van der Waals surface area contributed by atoms with Gasteiger partial charge in [-0.1, -0.05) is 18.2 Å². The molecule has 22 heavy (non-hydrogen) atoms. The Morgan fingerprint density at radius 2 is 1.91 bits per heavy atom. The molecule has 1 saturated heterocycles. The Morgan fingerprint density at radius 1 is 1.23 bits per heavy atom. The average molecular weight is 305 g/mol. The number of hydrogen-bond donors (Lipinski definition) is 2. The molecular weight excluding hydrogens is 282 g/mol. The first kappa shape index (κ1) is 16.3. The normalized spacial score (nSPS) is 15.4. The van der Waals surface area contributed by atoms with E-state index in [9.17, 15) is 9.59 Å². The van der Waals surface area contributed by atoms with Crippen molar-refractivity contribution in [1.82, 2.24) is 10.2 Å². The van der Waals surface area contributed by atoms with Crippen LogP contribution in [0.4, 0.5) is 10.5 Å². The Morgan fingerprint density at radius 3 is 2.55 bits per heavy atom. The van der Waals surface area contributed by atoms with Crippen molar-refractivity contribution in [3.05, 3.63) is 30.3 Å². The maximum Gasteiger partial charge on any atom is 0.409 e. The van der Waals surface area contributed by atoms with Crippen molar-refractivity contribution in [2.24, 2.45) is 0 Å². The molecular formula is C16H23N3O3. The van der Waals surface area contributed by atoms with E-state index in [0.717, 1.165) is 18.5 Å². The van der Waals surface area contributed by atoms with Crippen LogP contribution in [0.5, 0.6) is 0 Å². The molecule has 6 nitrogen and oxygen atoms in total. The van der Waals surface area contributed by atoms with Crippen molar-refractivity contribution in [3.63, 3.8) is 0 Å². The highest BCUT2D eigenvalue weighted by molar-refractivity contribution is 5.92. The van der Waals surface area contributed by atoms with Crippen LogP contribution in [0.1, 0.15) is 19.8 Å². The largest absolute Gasteiger partial charge is 0.450 e. The summed E-state index contributed by atoms with van der Waals surface area (Å²) in [5, 5.41) is 6.08. The van der Waals surface area contributed by atoms with Crippen LogP contribution in [-0.2, 0) is 9.53 Å². The number of rotatable bonds is 5. The van der Waals surface area contributed by atoms with E-state index in [1.54, 1.807) is 11.8 Å². The van der Waals surface area contributed by atoms with Gasteiger partial charge in [0.15, 0.2) is 0 Å². The standard InChI is InChI=1S/C16H23N3O3/c1-2-22-16(21)19-10-8-13(9-11-19)17-12-15(20)18-14-6-4-3-5-7-14/h3-7,13,17H,2,8-12H2,1H3,(H,18,20). The number of hydrogen-bond acceptors (Lipinski definition) is 4. The zero-order chi connectivity index (χ0) is 15.8. The Bertz CT molecular complexity index is 485. The van der Waals surface area contributed by atoms with Gasteiger partial charge in [-0.3, -0.25) is 4.79 Å². The van der Waals surface area contributed by atoms with Gasteiger partial charge < -0.3 is 20.3 Å². The maximum atomic E-state index is 11.9. The number of carbonyl (C=O) groups excluding carboxylic acids is 2. The molecule has 0 bridgehead atoms. The van der Waals surface area contributed by atoms with Crippen LogP contribution in [0, 0.1) is 0 Å². The van der Waals surface area contributed by atoms with Crippen LogP contribution in [0.2, 0.25) is 0 Å². The second-order valence-electron chi connectivity index (χ2n) is 5.26. The zero-order valence-corrected chi connectivity index (χ0v) is 12.9. The number of carbonyl (C=O) groups is 2. The third-order valence-electron chi connectivity index (χ3n) is 3.63. The Hall–Kier alpha value is -2.08. The molecule has 120 valence electrons. The molecule has 2 rings (SSSR count). The Kier molecular flexibility index (Phi) is 6.21. The van der Waals surface area contributed by atoms with Gasteiger partial charge in [0, 0.05) is 24.8 Å². The fraction of sp³-hybridized carbons (Fsp3) is 0.500. The number of nitrogens with zero attached hydrogens (tertiary/aromatic N) is 1. The summed E-state index contributed by atoms with van der Waals surface area (Å²) in [4.78, 5) is 25.2. The van der Waals surface area contributed by atoms with Gasteiger partial charge in [-0.05, 0) is 31.9 Å². The van der Waals surface area contributed by atoms with Gasteiger partial charge >= 0.3 is 6.09 Å². The van der Waals surface area contributed by atoms with Crippen LogP contribution in [0.25, 0.3) is 0 Å². The van der Waals surface area contributed by atoms with Crippen molar-refractivity contribution >= 4 is 17.7 Å². The van der Waals surface area contributed by atoms with E-state index >= 15 is 0 Å². The van der Waals surface area contributed by atoms with Crippen molar-refractivity contribution in [1.29, 1.82) is 0 Å². The molecule has 0 atom stereocenters. The SMILES string of the molecule is CCOC(=O)N1CCC(NCC(=O)Nc2ccccc2)CC1. The third-order valence-corrected chi connectivity index (χ3v) is 3.63. The fourth-order valence-electron chi connectivity index (χ4n) is 2.44. The van der Waals surface area contributed by atoms with Crippen molar-refractivity contribution < 1.29 is 14.3 Å². The molecule has 1 aromatic rings. The second kappa shape index (κ2) is 8.38. The fourth-order valence-corrected chi connectivity index (χ4v) is 2.44.